The molecule has 0 radical (unpaired) electrons. The van der Waals surface area contributed by atoms with Crippen molar-refractivity contribution in [3.63, 3.8) is 0 Å². The Kier molecular flexibility index (Phi) is 6.18. The smallest absolute Gasteiger partial charge is 0.326 e. The number of benzene rings is 1. The molecule has 0 aromatic heterocycles. The van der Waals surface area contributed by atoms with Gasteiger partial charge >= 0.3 is 5.97 Å². The van der Waals surface area contributed by atoms with E-state index in [1.165, 1.54) is 0 Å². The lowest BCUT2D eigenvalue weighted by Gasteiger charge is -2.16. The molecular formula is C15H22N2O3. The topological polar surface area (TPSA) is 92.4 Å². The molecule has 1 amide bonds. The van der Waals surface area contributed by atoms with Gasteiger partial charge in [-0.05, 0) is 43.0 Å². The largest absolute Gasteiger partial charge is 0.480 e. The van der Waals surface area contributed by atoms with Crippen molar-refractivity contribution in [1.82, 2.24) is 5.32 Å². The van der Waals surface area contributed by atoms with Gasteiger partial charge in [0.2, 0.25) is 0 Å². The standard InChI is InChI=1S/C15H22N2O3/c1-10(2)9-13(15(19)20)17-14(18)12-5-3-11(4-6-12)7-8-16/h3-6,10,13H,7-9,16H2,1-2H3,(H,17,18)(H,19,20)/t13-/m1/s1. The van der Waals surface area contributed by atoms with Crippen molar-refractivity contribution in [1.29, 1.82) is 0 Å². The molecule has 0 spiro atoms. The van der Waals surface area contributed by atoms with E-state index in [0.717, 1.165) is 12.0 Å². The molecule has 0 aliphatic rings. The maximum atomic E-state index is 12.0. The molecule has 0 fully saturated rings. The maximum absolute atomic E-state index is 12.0. The monoisotopic (exact) mass is 278 g/mol. The summed E-state index contributed by atoms with van der Waals surface area (Å²) in [4.78, 5) is 23.1. The van der Waals surface area contributed by atoms with Crippen LogP contribution in [0, 0.1) is 5.92 Å². The van der Waals surface area contributed by atoms with E-state index in [0.29, 0.717) is 18.5 Å². The molecule has 1 aromatic carbocycles. The first-order valence-corrected chi connectivity index (χ1v) is 6.76. The Balaban J connectivity index is 2.70. The third kappa shape index (κ3) is 5.01. The molecule has 1 rings (SSSR count). The lowest BCUT2D eigenvalue weighted by atomic mass is 10.0. The molecule has 1 atom stereocenters. The Morgan fingerprint density at radius 3 is 2.30 bits per heavy atom. The number of hydrogen-bond acceptors (Lipinski definition) is 3. The molecule has 110 valence electrons. The number of nitrogens with two attached hydrogens (primary N) is 1. The van der Waals surface area contributed by atoms with Crippen LogP contribution in [0.4, 0.5) is 0 Å². The van der Waals surface area contributed by atoms with Gasteiger partial charge in [-0.2, -0.15) is 0 Å². The first-order chi connectivity index (χ1) is 9.43. The first kappa shape index (κ1) is 16.2. The lowest BCUT2D eigenvalue weighted by Crippen LogP contribution is -2.41. The number of hydrogen-bond donors (Lipinski definition) is 3. The fourth-order valence-corrected chi connectivity index (χ4v) is 1.92. The quantitative estimate of drug-likeness (QED) is 0.703. The minimum atomic E-state index is -1.01. The number of amides is 1. The number of rotatable bonds is 7. The predicted octanol–water partition coefficient (Wildman–Crippen LogP) is 1.42. The van der Waals surface area contributed by atoms with E-state index in [1.807, 2.05) is 26.0 Å². The zero-order chi connectivity index (χ0) is 15.1. The molecule has 0 saturated heterocycles. The molecule has 0 saturated carbocycles. The molecule has 0 unspecified atom stereocenters. The highest BCUT2D eigenvalue weighted by Crippen LogP contribution is 2.08. The molecule has 4 N–H and O–H groups in total. The number of aliphatic carboxylic acids is 1. The summed E-state index contributed by atoms with van der Waals surface area (Å²) in [6, 6.07) is 6.19. The van der Waals surface area contributed by atoms with E-state index in [1.54, 1.807) is 12.1 Å². The van der Waals surface area contributed by atoms with E-state index in [-0.39, 0.29) is 11.8 Å². The van der Waals surface area contributed by atoms with Crippen LogP contribution in [-0.4, -0.2) is 29.6 Å². The molecular weight excluding hydrogens is 256 g/mol. The Hall–Kier alpha value is -1.88. The van der Waals surface area contributed by atoms with Crippen molar-refractivity contribution < 1.29 is 14.7 Å². The van der Waals surface area contributed by atoms with Gasteiger partial charge in [0.05, 0.1) is 0 Å². The van der Waals surface area contributed by atoms with Gasteiger partial charge in [-0.25, -0.2) is 4.79 Å². The highest BCUT2D eigenvalue weighted by atomic mass is 16.4. The molecule has 5 nitrogen and oxygen atoms in total. The zero-order valence-electron chi connectivity index (χ0n) is 11.9. The molecule has 20 heavy (non-hydrogen) atoms. The summed E-state index contributed by atoms with van der Waals surface area (Å²) in [5.74, 6) is -1.17. The summed E-state index contributed by atoms with van der Waals surface area (Å²) in [7, 11) is 0. The number of carboxylic acids is 1. The number of carboxylic acid groups (broad SMARTS) is 1. The summed E-state index contributed by atoms with van der Waals surface area (Å²) < 4.78 is 0. The number of nitrogens with one attached hydrogen (secondary N) is 1. The summed E-state index contributed by atoms with van der Waals surface area (Å²) in [6.07, 6.45) is 1.17. The van der Waals surface area contributed by atoms with Gasteiger partial charge in [-0.3, -0.25) is 4.79 Å². The minimum absolute atomic E-state index is 0.198. The Morgan fingerprint density at radius 2 is 1.85 bits per heavy atom. The van der Waals surface area contributed by atoms with E-state index in [4.69, 9.17) is 10.8 Å². The van der Waals surface area contributed by atoms with Gasteiger partial charge in [-0.1, -0.05) is 26.0 Å². The summed E-state index contributed by atoms with van der Waals surface area (Å²) >= 11 is 0. The molecule has 1 aromatic rings. The summed E-state index contributed by atoms with van der Waals surface area (Å²) in [5, 5.41) is 11.7. The van der Waals surface area contributed by atoms with Crippen LogP contribution in [0.5, 0.6) is 0 Å². The van der Waals surface area contributed by atoms with Crippen LogP contribution in [0.25, 0.3) is 0 Å². The zero-order valence-corrected chi connectivity index (χ0v) is 11.9. The van der Waals surface area contributed by atoms with Crippen molar-refractivity contribution in [3.05, 3.63) is 35.4 Å². The van der Waals surface area contributed by atoms with Gasteiger partial charge in [-0.15, -0.1) is 0 Å². The highest BCUT2D eigenvalue weighted by Gasteiger charge is 2.21. The van der Waals surface area contributed by atoms with Crippen LogP contribution in [-0.2, 0) is 11.2 Å². The second kappa shape index (κ2) is 7.65. The van der Waals surface area contributed by atoms with Crippen molar-refractivity contribution in [2.75, 3.05) is 6.54 Å². The van der Waals surface area contributed by atoms with Gasteiger partial charge in [0.1, 0.15) is 6.04 Å². The van der Waals surface area contributed by atoms with E-state index >= 15 is 0 Å². The minimum Gasteiger partial charge on any atom is -0.480 e. The van der Waals surface area contributed by atoms with Crippen molar-refractivity contribution >= 4 is 11.9 Å². The molecule has 0 aliphatic heterocycles. The van der Waals surface area contributed by atoms with Gasteiger partial charge in [0.25, 0.3) is 5.91 Å². The van der Waals surface area contributed by atoms with Crippen LogP contribution in [0.2, 0.25) is 0 Å². The molecule has 0 bridgehead atoms. The van der Waals surface area contributed by atoms with E-state index in [9.17, 15) is 9.59 Å². The molecule has 0 heterocycles. The number of carbonyl (C=O) groups is 2. The molecule has 5 heteroatoms. The van der Waals surface area contributed by atoms with Gasteiger partial charge < -0.3 is 16.2 Å². The van der Waals surface area contributed by atoms with Crippen LogP contribution in [0.15, 0.2) is 24.3 Å². The third-order valence-electron chi connectivity index (χ3n) is 2.96. The lowest BCUT2D eigenvalue weighted by molar-refractivity contribution is -0.139. The van der Waals surface area contributed by atoms with Gasteiger partial charge in [0.15, 0.2) is 0 Å². The van der Waals surface area contributed by atoms with Gasteiger partial charge in [0, 0.05) is 5.56 Å². The average molecular weight is 278 g/mol. The number of carbonyl (C=O) groups excluding carboxylic acids is 1. The Morgan fingerprint density at radius 1 is 1.25 bits per heavy atom. The van der Waals surface area contributed by atoms with Crippen LogP contribution in [0.3, 0.4) is 0 Å². The van der Waals surface area contributed by atoms with Crippen LogP contribution < -0.4 is 11.1 Å². The van der Waals surface area contributed by atoms with Crippen molar-refractivity contribution in [3.8, 4) is 0 Å². The molecule has 0 aliphatic carbocycles. The summed E-state index contributed by atoms with van der Waals surface area (Å²) in [5.41, 5.74) is 6.97. The second-order valence-electron chi connectivity index (χ2n) is 5.23. The normalized spacial score (nSPS) is 12.2. The van der Waals surface area contributed by atoms with Crippen molar-refractivity contribution in [2.24, 2.45) is 11.7 Å². The Labute approximate surface area is 119 Å². The second-order valence-corrected chi connectivity index (χ2v) is 5.23. The first-order valence-electron chi connectivity index (χ1n) is 6.76. The summed E-state index contributed by atoms with van der Waals surface area (Å²) in [6.45, 7) is 4.40. The maximum Gasteiger partial charge on any atom is 0.326 e. The van der Waals surface area contributed by atoms with E-state index < -0.39 is 12.0 Å². The predicted molar refractivity (Wildman–Crippen MR) is 77.5 cm³/mol. The third-order valence-corrected chi connectivity index (χ3v) is 2.96. The van der Waals surface area contributed by atoms with E-state index in [2.05, 4.69) is 5.32 Å². The van der Waals surface area contributed by atoms with Crippen LogP contribution >= 0.6 is 0 Å². The fraction of sp³-hybridized carbons (Fsp3) is 0.467. The van der Waals surface area contributed by atoms with Crippen LogP contribution in [0.1, 0.15) is 36.2 Å². The average Bonchev–Trinajstić information content (AvgIpc) is 2.38. The SMILES string of the molecule is CC(C)C[C@@H](NC(=O)c1ccc(CCN)cc1)C(=O)O. The van der Waals surface area contributed by atoms with Crippen molar-refractivity contribution in [2.45, 2.75) is 32.7 Å². The highest BCUT2D eigenvalue weighted by molar-refractivity contribution is 5.96. The Bertz CT molecular complexity index is 455. The fourth-order valence-electron chi connectivity index (χ4n) is 1.92.